The van der Waals surface area contributed by atoms with E-state index < -0.39 is 5.97 Å². The van der Waals surface area contributed by atoms with Crippen LogP contribution >= 0.6 is 34.5 Å². The third-order valence-corrected chi connectivity index (χ3v) is 3.31. The summed E-state index contributed by atoms with van der Waals surface area (Å²) >= 11 is 12.8. The maximum Gasteiger partial charge on any atom is 0.337 e. The van der Waals surface area contributed by atoms with E-state index >= 15 is 0 Å². The molecule has 0 aliphatic rings. The fourth-order valence-electron chi connectivity index (χ4n) is 1.24. The third-order valence-electron chi connectivity index (χ3n) is 1.78. The number of thiophene rings is 1. The molecule has 0 atom stereocenters. The Labute approximate surface area is 93.7 Å². The van der Waals surface area contributed by atoms with Crippen LogP contribution in [0.25, 0.3) is 10.1 Å². The van der Waals surface area contributed by atoms with Crippen molar-refractivity contribution in [1.29, 1.82) is 0 Å². The summed E-state index contributed by atoms with van der Waals surface area (Å²) in [6.07, 6.45) is 0. The zero-order valence-corrected chi connectivity index (χ0v) is 9.08. The van der Waals surface area contributed by atoms with E-state index in [1.54, 1.807) is 12.1 Å². The van der Waals surface area contributed by atoms with Crippen molar-refractivity contribution < 1.29 is 9.90 Å². The van der Waals surface area contributed by atoms with Crippen LogP contribution in [0.3, 0.4) is 0 Å². The predicted octanol–water partition coefficient (Wildman–Crippen LogP) is 3.91. The Morgan fingerprint density at radius 3 is 2.64 bits per heavy atom. The molecular formula is C9H4Cl2O2S. The number of carboxylic acid groups (broad SMARTS) is 1. The number of benzene rings is 1. The van der Waals surface area contributed by atoms with E-state index in [0.29, 0.717) is 14.1 Å². The number of hydrogen-bond donors (Lipinski definition) is 1. The number of hydrogen-bond acceptors (Lipinski definition) is 2. The lowest BCUT2D eigenvalue weighted by Gasteiger charge is -1.97. The van der Waals surface area contributed by atoms with Gasteiger partial charge in [0.25, 0.3) is 0 Å². The maximum absolute atomic E-state index is 10.9. The van der Waals surface area contributed by atoms with Crippen LogP contribution in [-0.2, 0) is 0 Å². The predicted molar refractivity (Wildman–Crippen MR) is 58.8 cm³/mol. The van der Waals surface area contributed by atoms with Crippen molar-refractivity contribution in [2.45, 2.75) is 0 Å². The maximum atomic E-state index is 10.9. The summed E-state index contributed by atoms with van der Waals surface area (Å²) in [6, 6.07) is 4.84. The Hall–Kier alpha value is -0.770. The van der Waals surface area contributed by atoms with E-state index in [2.05, 4.69) is 0 Å². The van der Waals surface area contributed by atoms with Crippen LogP contribution in [0, 0.1) is 0 Å². The van der Waals surface area contributed by atoms with E-state index in [1.807, 2.05) is 0 Å². The molecule has 2 nitrogen and oxygen atoms in total. The molecule has 1 aromatic heterocycles. The largest absolute Gasteiger partial charge is 0.478 e. The lowest BCUT2D eigenvalue weighted by atomic mass is 10.2. The minimum absolute atomic E-state index is 0.199. The molecule has 1 aromatic carbocycles. The molecule has 5 heteroatoms. The van der Waals surface area contributed by atoms with Gasteiger partial charge in [0.2, 0.25) is 0 Å². The second kappa shape index (κ2) is 3.42. The minimum atomic E-state index is -0.990. The first-order valence-electron chi connectivity index (χ1n) is 3.70. The molecule has 1 N–H and O–H groups in total. The average molecular weight is 247 g/mol. The Bertz CT molecular complexity index is 519. The van der Waals surface area contributed by atoms with Crippen molar-refractivity contribution in [3.63, 3.8) is 0 Å². The van der Waals surface area contributed by atoms with Crippen LogP contribution in [0.1, 0.15) is 10.4 Å². The van der Waals surface area contributed by atoms with Crippen LogP contribution in [0.15, 0.2) is 18.2 Å². The van der Waals surface area contributed by atoms with Gasteiger partial charge in [0.1, 0.15) is 0 Å². The van der Waals surface area contributed by atoms with Gasteiger partial charge in [-0.25, -0.2) is 4.79 Å². The minimum Gasteiger partial charge on any atom is -0.478 e. The van der Waals surface area contributed by atoms with Gasteiger partial charge in [-0.3, -0.25) is 0 Å². The molecule has 2 aromatic rings. The highest BCUT2D eigenvalue weighted by atomic mass is 35.5. The molecule has 0 fully saturated rings. The molecule has 0 aliphatic heterocycles. The van der Waals surface area contributed by atoms with Crippen LogP contribution < -0.4 is 0 Å². The molecule has 0 saturated carbocycles. The van der Waals surface area contributed by atoms with Crippen molar-refractivity contribution in [3.8, 4) is 0 Å². The summed E-state index contributed by atoms with van der Waals surface area (Å²) < 4.78 is 1.22. The average Bonchev–Trinajstić information content (AvgIpc) is 2.42. The summed E-state index contributed by atoms with van der Waals surface area (Å²) in [6.45, 7) is 0. The summed E-state index contributed by atoms with van der Waals surface area (Å²) in [5.74, 6) is -0.990. The number of halogens is 2. The summed E-state index contributed by atoms with van der Waals surface area (Å²) in [5, 5.41) is 10.1. The van der Waals surface area contributed by atoms with Gasteiger partial charge in [-0.1, -0.05) is 23.2 Å². The topological polar surface area (TPSA) is 37.3 Å². The number of carboxylic acids is 1. The molecule has 0 unspecified atom stereocenters. The third kappa shape index (κ3) is 1.59. The van der Waals surface area contributed by atoms with Crippen LogP contribution in [0.5, 0.6) is 0 Å². The van der Waals surface area contributed by atoms with Gasteiger partial charge >= 0.3 is 5.97 Å². The zero-order chi connectivity index (χ0) is 10.3. The quantitative estimate of drug-likeness (QED) is 0.829. The Morgan fingerprint density at radius 2 is 2.00 bits per heavy atom. The molecule has 14 heavy (non-hydrogen) atoms. The van der Waals surface area contributed by atoms with Crippen molar-refractivity contribution in [2.75, 3.05) is 0 Å². The zero-order valence-electron chi connectivity index (χ0n) is 6.75. The molecule has 2 rings (SSSR count). The van der Waals surface area contributed by atoms with Gasteiger partial charge < -0.3 is 5.11 Å². The summed E-state index contributed by atoms with van der Waals surface area (Å²) in [7, 11) is 0. The fraction of sp³-hybridized carbons (Fsp3) is 0. The number of carbonyl (C=O) groups is 1. The highest BCUT2D eigenvalue weighted by molar-refractivity contribution is 7.23. The first-order chi connectivity index (χ1) is 6.58. The molecule has 0 radical (unpaired) electrons. The molecule has 0 saturated heterocycles. The van der Waals surface area contributed by atoms with E-state index in [9.17, 15) is 4.79 Å². The normalized spacial score (nSPS) is 10.7. The van der Waals surface area contributed by atoms with E-state index in [4.69, 9.17) is 28.3 Å². The molecule has 0 aliphatic carbocycles. The SMILES string of the molecule is O=C(O)c1cc(Cl)cc2cc(Cl)sc12. The van der Waals surface area contributed by atoms with Gasteiger partial charge in [0, 0.05) is 5.02 Å². The molecular weight excluding hydrogens is 243 g/mol. The van der Waals surface area contributed by atoms with Gasteiger partial charge in [-0.15, -0.1) is 11.3 Å². The van der Waals surface area contributed by atoms with Gasteiger partial charge in [0.05, 0.1) is 14.6 Å². The Morgan fingerprint density at radius 1 is 1.29 bits per heavy atom. The lowest BCUT2D eigenvalue weighted by Crippen LogP contribution is -1.95. The van der Waals surface area contributed by atoms with Crippen LogP contribution in [-0.4, -0.2) is 11.1 Å². The summed E-state index contributed by atoms with van der Waals surface area (Å²) in [4.78, 5) is 10.9. The smallest absolute Gasteiger partial charge is 0.337 e. The van der Waals surface area contributed by atoms with Crippen molar-refractivity contribution >= 4 is 50.6 Å². The first-order valence-corrected chi connectivity index (χ1v) is 5.27. The number of fused-ring (bicyclic) bond motifs is 1. The first kappa shape index (κ1) is 9.77. The van der Waals surface area contributed by atoms with Gasteiger partial charge in [-0.05, 0) is 23.6 Å². The lowest BCUT2D eigenvalue weighted by molar-refractivity contribution is 0.0699. The van der Waals surface area contributed by atoms with Crippen molar-refractivity contribution in [2.24, 2.45) is 0 Å². The molecule has 0 amide bonds. The second-order valence-electron chi connectivity index (χ2n) is 2.73. The monoisotopic (exact) mass is 246 g/mol. The molecule has 72 valence electrons. The van der Waals surface area contributed by atoms with Crippen molar-refractivity contribution in [1.82, 2.24) is 0 Å². The summed E-state index contributed by atoms with van der Waals surface area (Å²) in [5.41, 5.74) is 0.199. The standard InChI is InChI=1S/C9H4Cl2O2S/c10-5-1-4-2-7(11)14-8(4)6(3-5)9(12)13/h1-3H,(H,12,13). The van der Waals surface area contributed by atoms with Crippen molar-refractivity contribution in [3.05, 3.63) is 33.1 Å². The van der Waals surface area contributed by atoms with E-state index in [0.717, 1.165) is 5.39 Å². The molecule has 0 spiro atoms. The van der Waals surface area contributed by atoms with Gasteiger partial charge in [-0.2, -0.15) is 0 Å². The molecule has 1 heterocycles. The Balaban J connectivity index is 2.85. The van der Waals surface area contributed by atoms with Crippen LogP contribution in [0.2, 0.25) is 9.36 Å². The Kier molecular flexibility index (Phi) is 2.39. The molecule has 0 bridgehead atoms. The van der Waals surface area contributed by atoms with Gasteiger partial charge in [0.15, 0.2) is 0 Å². The fourth-order valence-corrected chi connectivity index (χ4v) is 2.69. The number of rotatable bonds is 1. The number of aromatic carboxylic acids is 1. The van der Waals surface area contributed by atoms with E-state index in [1.165, 1.54) is 17.4 Å². The second-order valence-corrected chi connectivity index (χ2v) is 4.85. The van der Waals surface area contributed by atoms with Crippen LogP contribution in [0.4, 0.5) is 0 Å². The van der Waals surface area contributed by atoms with E-state index in [-0.39, 0.29) is 5.56 Å². The highest BCUT2D eigenvalue weighted by Crippen LogP contribution is 2.34. The highest BCUT2D eigenvalue weighted by Gasteiger charge is 2.12.